The number of fused-ring (bicyclic) bond motifs is 1. The number of nitrogens with one attached hydrogen (secondary N) is 1. The Hall–Kier alpha value is -1.60. The van der Waals surface area contributed by atoms with Crippen LogP contribution in [0.4, 0.5) is 0 Å². The highest BCUT2D eigenvalue weighted by molar-refractivity contribution is 7.90. The number of ketones is 1. The number of ether oxygens (including phenoxy) is 2. The lowest BCUT2D eigenvalue weighted by Crippen LogP contribution is -2.20. The lowest BCUT2D eigenvalue weighted by atomic mass is 10.1. The minimum atomic E-state index is -3.50. The molecule has 0 saturated heterocycles. The lowest BCUT2D eigenvalue weighted by molar-refractivity contribution is 0.0990. The van der Waals surface area contributed by atoms with E-state index >= 15 is 0 Å². The SMILES string of the molecule is CNCC(=O)c1cc2c(cc1S(C)(=O)=O)OCO2. The summed E-state index contributed by atoms with van der Waals surface area (Å²) in [5.41, 5.74) is 0.121. The molecule has 1 aliphatic rings. The van der Waals surface area contributed by atoms with E-state index in [4.69, 9.17) is 9.47 Å². The Balaban J connectivity index is 2.59. The molecule has 0 unspecified atom stereocenters. The third-order valence-electron chi connectivity index (χ3n) is 2.51. The molecule has 98 valence electrons. The van der Waals surface area contributed by atoms with E-state index in [9.17, 15) is 13.2 Å². The summed E-state index contributed by atoms with van der Waals surface area (Å²) in [6, 6.07) is 2.75. The van der Waals surface area contributed by atoms with E-state index in [1.54, 1.807) is 7.05 Å². The maximum absolute atomic E-state index is 11.9. The molecule has 1 aromatic carbocycles. The largest absolute Gasteiger partial charge is 0.454 e. The molecule has 0 fully saturated rings. The molecule has 7 heteroatoms. The first kappa shape index (κ1) is 12.8. The third-order valence-corrected chi connectivity index (χ3v) is 3.65. The van der Waals surface area contributed by atoms with Crippen LogP contribution in [0.15, 0.2) is 17.0 Å². The van der Waals surface area contributed by atoms with Crippen LogP contribution in [-0.4, -0.2) is 40.8 Å². The fourth-order valence-corrected chi connectivity index (χ4v) is 2.60. The highest BCUT2D eigenvalue weighted by Gasteiger charge is 2.25. The molecule has 2 rings (SSSR count). The van der Waals surface area contributed by atoms with E-state index in [-0.39, 0.29) is 29.6 Å². The molecular weight excluding hydrogens is 258 g/mol. The van der Waals surface area contributed by atoms with Crippen LogP contribution in [0.3, 0.4) is 0 Å². The monoisotopic (exact) mass is 271 g/mol. The van der Waals surface area contributed by atoms with Crippen molar-refractivity contribution in [2.24, 2.45) is 0 Å². The van der Waals surface area contributed by atoms with Gasteiger partial charge in [0.05, 0.1) is 11.4 Å². The van der Waals surface area contributed by atoms with Crippen molar-refractivity contribution in [3.05, 3.63) is 17.7 Å². The Labute approximate surface area is 105 Å². The van der Waals surface area contributed by atoms with Gasteiger partial charge in [-0.2, -0.15) is 0 Å². The third kappa shape index (κ3) is 2.32. The van der Waals surface area contributed by atoms with Crippen molar-refractivity contribution in [2.75, 3.05) is 26.6 Å². The van der Waals surface area contributed by atoms with Gasteiger partial charge in [0.1, 0.15) is 0 Å². The summed E-state index contributed by atoms with van der Waals surface area (Å²) in [5.74, 6) is 0.425. The quantitative estimate of drug-likeness (QED) is 0.789. The second kappa shape index (κ2) is 4.58. The van der Waals surface area contributed by atoms with Gasteiger partial charge in [-0.15, -0.1) is 0 Å². The van der Waals surface area contributed by atoms with E-state index in [1.807, 2.05) is 0 Å². The molecule has 0 aliphatic carbocycles. The molecule has 0 amide bonds. The number of sulfone groups is 1. The molecule has 0 spiro atoms. The Bertz CT molecular complexity index is 594. The molecule has 1 aliphatic heterocycles. The number of rotatable bonds is 4. The Morgan fingerprint density at radius 3 is 2.50 bits per heavy atom. The van der Waals surface area contributed by atoms with Gasteiger partial charge in [0.15, 0.2) is 27.1 Å². The minimum Gasteiger partial charge on any atom is -0.454 e. The van der Waals surface area contributed by atoms with Gasteiger partial charge in [-0.05, 0) is 13.1 Å². The number of carbonyl (C=O) groups is 1. The summed E-state index contributed by atoms with van der Waals surface area (Å²) in [5, 5.41) is 2.70. The molecule has 1 aromatic rings. The molecule has 0 bridgehead atoms. The fourth-order valence-electron chi connectivity index (χ4n) is 1.70. The molecular formula is C11H13NO5S. The van der Waals surface area contributed by atoms with Gasteiger partial charge in [-0.3, -0.25) is 4.79 Å². The van der Waals surface area contributed by atoms with E-state index in [0.29, 0.717) is 11.5 Å². The van der Waals surface area contributed by atoms with Crippen molar-refractivity contribution < 1.29 is 22.7 Å². The van der Waals surface area contributed by atoms with Gasteiger partial charge < -0.3 is 14.8 Å². The first-order valence-corrected chi connectivity index (χ1v) is 7.14. The van der Waals surface area contributed by atoms with Crippen LogP contribution in [-0.2, 0) is 9.84 Å². The number of hydrogen-bond donors (Lipinski definition) is 1. The molecule has 6 nitrogen and oxygen atoms in total. The number of carbonyl (C=O) groups excluding carboxylic acids is 1. The smallest absolute Gasteiger partial charge is 0.231 e. The first-order chi connectivity index (χ1) is 8.43. The molecule has 0 radical (unpaired) electrons. The summed E-state index contributed by atoms with van der Waals surface area (Å²) >= 11 is 0. The van der Waals surface area contributed by atoms with E-state index in [0.717, 1.165) is 6.26 Å². The second-order valence-corrected chi connectivity index (χ2v) is 5.91. The van der Waals surface area contributed by atoms with Gasteiger partial charge in [-0.1, -0.05) is 0 Å². The summed E-state index contributed by atoms with van der Waals surface area (Å²) in [7, 11) is -1.89. The Morgan fingerprint density at radius 2 is 1.94 bits per heavy atom. The minimum absolute atomic E-state index is 0.0300. The van der Waals surface area contributed by atoms with Crippen LogP contribution in [0.1, 0.15) is 10.4 Å². The van der Waals surface area contributed by atoms with Gasteiger partial charge >= 0.3 is 0 Å². The van der Waals surface area contributed by atoms with Crippen molar-refractivity contribution in [3.8, 4) is 11.5 Å². The molecule has 0 aromatic heterocycles. The standard InChI is InChI=1S/C11H13NO5S/c1-12-5-8(13)7-3-9-10(17-6-16-9)4-11(7)18(2,14)15/h3-4,12H,5-6H2,1-2H3. The zero-order valence-corrected chi connectivity index (χ0v) is 10.8. The zero-order valence-electron chi connectivity index (χ0n) is 10.0. The molecule has 1 N–H and O–H groups in total. The maximum Gasteiger partial charge on any atom is 0.231 e. The number of hydrogen-bond acceptors (Lipinski definition) is 6. The summed E-state index contributed by atoms with van der Waals surface area (Å²) in [4.78, 5) is 11.9. The van der Waals surface area contributed by atoms with Gasteiger partial charge in [0, 0.05) is 17.9 Å². The average molecular weight is 271 g/mol. The van der Waals surface area contributed by atoms with Crippen molar-refractivity contribution in [3.63, 3.8) is 0 Å². The highest BCUT2D eigenvalue weighted by Crippen LogP contribution is 2.36. The van der Waals surface area contributed by atoms with Crippen LogP contribution < -0.4 is 14.8 Å². The van der Waals surface area contributed by atoms with E-state index in [2.05, 4.69) is 5.32 Å². The summed E-state index contributed by atoms with van der Waals surface area (Å²) in [6.07, 6.45) is 1.06. The predicted molar refractivity (Wildman–Crippen MR) is 63.9 cm³/mol. The molecule has 18 heavy (non-hydrogen) atoms. The molecule has 0 atom stereocenters. The van der Waals surface area contributed by atoms with E-state index < -0.39 is 9.84 Å². The first-order valence-electron chi connectivity index (χ1n) is 5.25. The summed E-state index contributed by atoms with van der Waals surface area (Å²) < 4.78 is 33.6. The number of benzene rings is 1. The van der Waals surface area contributed by atoms with Gasteiger partial charge in [-0.25, -0.2) is 8.42 Å². The van der Waals surface area contributed by atoms with Gasteiger partial charge in [0.25, 0.3) is 0 Å². The average Bonchev–Trinajstić information content (AvgIpc) is 2.73. The maximum atomic E-state index is 11.9. The highest BCUT2D eigenvalue weighted by atomic mass is 32.2. The van der Waals surface area contributed by atoms with Crippen molar-refractivity contribution in [2.45, 2.75) is 4.90 Å². The Morgan fingerprint density at radius 1 is 1.33 bits per heavy atom. The topological polar surface area (TPSA) is 81.7 Å². The Kier molecular flexibility index (Phi) is 3.27. The van der Waals surface area contributed by atoms with Crippen LogP contribution in [0.5, 0.6) is 11.5 Å². The number of Topliss-reactive ketones (excluding diaryl/α,β-unsaturated/α-hetero) is 1. The van der Waals surface area contributed by atoms with E-state index in [1.165, 1.54) is 12.1 Å². The van der Waals surface area contributed by atoms with Gasteiger partial charge in [0.2, 0.25) is 6.79 Å². The van der Waals surface area contributed by atoms with Crippen LogP contribution in [0, 0.1) is 0 Å². The summed E-state index contributed by atoms with van der Waals surface area (Å²) in [6.45, 7) is 0.0877. The molecule has 1 heterocycles. The number of likely N-dealkylation sites (N-methyl/N-ethyl adjacent to an activating group) is 1. The molecule has 0 saturated carbocycles. The zero-order chi connectivity index (χ0) is 13.3. The van der Waals surface area contributed by atoms with Crippen molar-refractivity contribution >= 4 is 15.6 Å². The normalized spacial score (nSPS) is 13.7. The lowest BCUT2D eigenvalue weighted by Gasteiger charge is -2.08. The second-order valence-electron chi connectivity index (χ2n) is 3.93. The van der Waals surface area contributed by atoms with Crippen LogP contribution >= 0.6 is 0 Å². The fraction of sp³-hybridized carbons (Fsp3) is 0.364. The predicted octanol–water partition coefficient (Wildman–Crippen LogP) is 0.221. The van der Waals surface area contributed by atoms with Crippen molar-refractivity contribution in [1.29, 1.82) is 0 Å². The van der Waals surface area contributed by atoms with Crippen molar-refractivity contribution in [1.82, 2.24) is 5.32 Å². The van der Waals surface area contributed by atoms with Crippen LogP contribution in [0.2, 0.25) is 0 Å². The van der Waals surface area contributed by atoms with Crippen LogP contribution in [0.25, 0.3) is 0 Å².